The van der Waals surface area contributed by atoms with Gasteiger partial charge >= 0.3 is 0 Å². The predicted octanol–water partition coefficient (Wildman–Crippen LogP) is 5.03. The van der Waals surface area contributed by atoms with Crippen molar-refractivity contribution in [2.24, 2.45) is 10.1 Å². The number of carbonyl (C=O) groups is 1. The fraction of sp³-hybridized carbons (Fsp3) is 0.0870. The lowest BCUT2D eigenvalue weighted by Crippen LogP contribution is -2.25. The molecule has 4 aromatic rings. The number of aromatic nitrogens is 1. The molecule has 6 nitrogen and oxygen atoms in total. The van der Waals surface area contributed by atoms with Gasteiger partial charge in [-0.3, -0.25) is 4.79 Å². The number of thiophene rings is 1. The molecule has 1 amide bonds. The van der Waals surface area contributed by atoms with Gasteiger partial charge in [-0.2, -0.15) is 5.10 Å². The summed E-state index contributed by atoms with van der Waals surface area (Å²) in [6.45, 7) is 2.11. The van der Waals surface area contributed by atoms with Crippen LogP contribution in [0.2, 0.25) is 0 Å². The molecule has 154 valence electrons. The number of carbonyl (C=O) groups excluding carboxylic acids is 1. The lowest BCUT2D eigenvalue weighted by atomic mass is 10.1. The van der Waals surface area contributed by atoms with Gasteiger partial charge in [0, 0.05) is 20.7 Å². The van der Waals surface area contributed by atoms with Crippen LogP contribution in [0.4, 0.5) is 11.4 Å². The van der Waals surface area contributed by atoms with Crippen molar-refractivity contribution in [2.45, 2.75) is 6.92 Å². The summed E-state index contributed by atoms with van der Waals surface area (Å²) in [5, 5.41) is 9.64. The minimum absolute atomic E-state index is 0.0371. The zero-order valence-corrected chi connectivity index (χ0v) is 18.2. The van der Waals surface area contributed by atoms with Gasteiger partial charge < -0.3 is 10.1 Å². The van der Waals surface area contributed by atoms with Crippen LogP contribution < -0.4 is 14.9 Å². The minimum atomic E-state index is -0.159. The molecule has 0 radical (unpaired) electrons. The van der Waals surface area contributed by atoms with E-state index in [4.69, 9.17) is 14.8 Å². The molecule has 0 atom stereocenters. The quantitative estimate of drug-likeness (QED) is 0.447. The molecule has 1 aliphatic rings. The van der Waals surface area contributed by atoms with Crippen molar-refractivity contribution in [2.75, 3.05) is 11.9 Å². The van der Waals surface area contributed by atoms with Crippen molar-refractivity contribution in [3.8, 4) is 17.0 Å². The lowest BCUT2D eigenvalue weighted by molar-refractivity contribution is -0.118. The summed E-state index contributed by atoms with van der Waals surface area (Å²) in [5.74, 6) is 0.505. The van der Waals surface area contributed by atoms with Crippen molar-refractivity contribution >= 4 is 46.2 Å². The number of amides is 1. The first-order valence-electron chi connectivity index (χ1n) is 9.64. The van der Waals surface area contributed by atoms with Gasteiger partial charge in [-0.15, -0.1) is 22.7 Å². The molecule has 0 aliphatic carbocycles. The molecule has 2 aromatic carbocycles. The highest BCUT2D eigenvalue weighted by Crippen LogP contribution is 2.33. The third kappa shape index (κ3) is 4.21. The molecule has 0 unspecified atom stereocenters. The van der Waals surface area contributed by atoms with Crippen LogP contribution in [0.5, 0.6) is 5.75 Å². The minimum Gasteiger partial charge on any atom is -0.482 e. The van der Waals surface area contributed by atoms with E-state index in [1.807, 2.05) is 64.8 Å². The smallest absolute Gasteiger partial charge is 0.262 e. The number of nitrogens with one attached hydrogen (secondary N) is 1. The Kier molecular flexibility index (Phi) is 5.23. The molecule has 3 heterocycles. The maximum Gasteiger partial charge on any atom is 0.262 e. The molecule has 1 N–H and O–H groups in total. The first-order valence-corrected chi connectivity index (χ1v) is 11.3. The van der Waals surface area contributed by atoms with Crippen LogP contribution >= 0.6 is 22.7 Å². The Morgan fingerprint density at radius 3 is 2.81 bits per heavy atom. The van der Waals surface area contributed by atoms with E-state index in [1.54, 1.807) is 11.3 Å². The summed E-state index contributed by atoms with van der Waals surface area (Å²) >= 11 is 3.20. The normalized spacial score (nSPS) is 13.8. The molecule has 5 rings (SSSR count). The van der Waals surface area contributed by atoms with Gasteiger partial charge in [0.2, 0.25) is 4.80 Å². The van der Waals surface area contributed by atoms with Crippen molar-refractivity contribution in [3.05, 3.63) is 80.6 Å². The first-order chi connectivity index (χ1) is 15.2. The van der Waals surface area contributed by atoms with E-state index in [0.717, 1.165) is 26.6 Å². The zero-order valence-electron chi connectivity index (χ0n) is 16.6. The first kappa shape index (κ1) is 19.5. The monoisotopic (exact) mass is 446 g/mol. The number of nitrogens with zero attached hydrogens (tertiary/aromatic N) is 3. The van der Waals surface area contributed by atoms with Gasteiger partial charge in [0.25, 0.3) is 5.91 Å². The molecule has 0 fully saturated rings. The summed E-state index contributed by atoms with van der Waals surface area (Å²) in [4.78, 5) is 19.6. The number of hydrogen-bond acceptors (Lipinski definition) is 6. The summed E-state index contributed by atoms with van der Waals surface area (Å²) in [6.07, 6.45) is 1.85. The van der Waals surface area contributed by atoms with Crippen molar-refractivity contribution in [3.63, 3.8) is 0 Å². The van der Waals surface area contributed by atoms with E-state index in [1.165, 1.54) is 16.2 Å². The number of aryl methyl sites for hydroxylation is 1. The van der Waals surface area contributed by atoms with Crippen LogP contribution in [0.25, 0.3) is 11.3 Å². The molecule has 0 bridgehead atoms. The van der Waals surface area contributed by atoms with E-state index in [2.05, 4.69) is 24.4 Å². The van der Waals surface area contributed by atoms with Gasteiger partial charge in [0.1, 0.15) is 5.75 Å². The van der Waals surface area contributed by atoms with Crippen LogP contribution in [-0.2, 0) is 4.79 Å². The van der Waals surface area contributed by atoms with Crippen molar-refractivity contribution in [1.29, 1.82) is 0 Å². The number of para-hydroxylation sites is 1. The van der Waals surface area contributed by atoms with Crippen LogP contribution in [-0.4, -0.2) is 23.4 Å². The maximum atomic E-state index is 11.7. The summed E-state index contributed by atoms with van der Waals surface area (Å²) in [5.41, 5.74) is 3.31. The number of rotatable bonds is 4. The molecule has 2 aromatic heterocycles. The molecule has 31 heavy (non-hydrogen) atoms. The Bertz CT molecular complexity index is 1350. The summed E-state index contributed by atoms with van der Waals surface area (Å²) in [7, 11) is 0. The van der Waals surface area contributed by atoms with Crippen LogP contribution in [0.15, 0.2) is 76.1 Å². The Morgan fingerprint density at radius 2 is 2.00 bits per heavy atom. The lowest BCUT2D eigenvalue weighted by Gasteiger charge is -2.18. The van der Waals surface area contributed by atoms with Crippen LogP contribution in [0, 0.1) is 6.92 Å². The second-order valence-corrected chi connectivity index (χ2v) is 9.06. The van der Waals surface area contributed by atoms with E-state index in [9.17, 15) is 4.79 Å². The fourth-order valence-corrected chi connectivity index (χ4v) is 4.78. The van der Waals surface area contributed by atoms with E-state index < -0.39 is 0 Å². The number of benzene rings is 2. The fourth-order valence-electron chi connectivity index (χ4n) is 3.18. The van der Waals surface area contributed by atoms with Crippen LogP contribution in [0.3, 0.4) is 0 Å². The highest BCUT2D eigenvalue weighted by molar-refractivity contribution is 7.13. The standard InChI is InChI=1S/C23H18N4O2S2/c1-15-7-9-18(31-15)12-24-27-20(14-30-23(27)25-17-5-3-2-4-6-17)16-8-10-21-19(11-16)26-22(28)13-29-21/h2-12,14H,13H2,1H3,(H,26,28). The number of thiazole rings is 1. The highest BCUT2D eigenvalue weighted by atomic mass is 32.1. The molecule has 1 aliphatic heterocycles. The molecule has 0 saturated heterocycles. The Labute approximate surface area is 186 Å². The second kappa shape index (κ2) is 8.33. The molecule has 0 spiro atoms. The average Bonchev–Trinajstić information content (AvgIpc) is 3.38. The number of anilines is 1. The average molecular weight is 447 g/mol. The molecular weight excluding hydrogens is 428 g/mol. The third-order valence-electron chi connectivity index (χ3n) is 4.64. The SMILES string of the molecule is Cc1ccc(C=Nn2c(-c3ccc4c(c3)NC(=O)CO4)csc2=Nc2ccccc2)s1. The largest absolute Gasteiger partial charge is 0.482 e. The second-order valence-electron chi connectivity index (χ2n) is 6.90. The molecule has 8 heteroatoms. The van der Waals surface area contributed by atoms with Gasteiger partial charge in [-0.1, -0.05) is 18.2 Å². The van der Waals surface area contributed by atoms with Crippen LogP contribution in [0.1, 0.15) is 9.75 Å². The predicted molar refractivity (Wildman–Crippen MR) is 126 cm³/mol. The van der Waals surface area contributed by atoms with Crippen molar-refractivity contribution in [1.82, 2.24) is 4.68 Å². The van der Waals surface area contributed by atoms with Gasteiger partial charge in [0.15, 0.2) is 6.61 Å². The molecule has 0 saturated carbocycles. The number of hydrogen-bond donors (Lipinski definition) is 1. The Balaban J connectivity index is 1.62. The van der Waals surface area contributed by atoms with E-state index >= 15 is 0 Å². The zero-order chi connectivity index (χ0) is 21.2. The van der Waals surface area contributed by atoms with E-state index in [-0.39, 0.29) is 12.5 Å². The maximum absolute atomic E-state index is 11.7. The van der Waals surface area contributed by atoms with Gasteiger partial charge in [-0.05, 0) is 49.4 Å². The topological polar surface area (TPSA) is 68.0 Å². The number of fused-ring (bicyclic) bond motifs is 1. The summed E-state index contributed by atoms with van der Waals surface area (Å²) < 4.78 is 7.32. The highest BCUT2D eigenvalue weighted by Gasteiger charge is 2.17. The Hall–Kier alpha value is -3.49. The molecular formula is C23H18N4O2S2. The number of ether oxygens (including phenoxy) is 1. The van der Waals surface area contributed by atoms with Crippen molar-refractivity contribution < 1.29 is 9.53 Å². The van der Waals surface area contributed by atoms with Gasteiger partial charge in [-0.25, -0.2) is 9.67 Å². The third-order valence-corrected chi connectivity index (χ3v) is 6.39. The summed E-state index contributed by atoms with van der Waals surface area (Å²) in [6, 6.07) is 19.7. The Morgan fingerprint density at radius 1 is 1.13 bits per heavy atom. The van der Waals surface area contributed by atoms with E-state index in [0.29, 0.717) is 11.4 Å². The van der Waals surface area contributed by atoms with Gasteiger partial charge in [0.05, 0.1) is 23.3 Å².